The van der Waals surface area contributed by atoms with E-state index in [1.165, 1.54) is 18.2 Å². The SMILES string of the molecule is N#CSC(C[N+](=O)[O-])c1ccccc1F. The molecule has 0 amide bonds. The van der Waals surface area contributed by atoms with Crippen LogP contribution in [0, 0.1) is 26.6 Å². The van der Waals surface area contributed by atoms with Crippen LogP contribution in [0.15, 0.2) is 24.3 Å². The molecule has 0 aromatic heterocycles. The van der Waals surface area contributed by atoms with Gasteiger partial charge in [-0.1, -0.05) is 18.2 Å². The number of hydrogen-bond acceptors (Lipinski definition) is 4. The third kappa shape index (κ3) is 3.22. The van der Waals surface area contributed by atoms with Crippen LogP contribution in [0.4, 0.5) is 4.39 Å². The Bertz CT molecular complexity index is 405. The van der Waals surface area contributed by atoms with Crippen molar-refractivity contribution in [2.24, 2.45) is 0 Å². The summed E-state index contributed by atoms with van der Waals surface area (Å²) in [5, 5.41) is 19.8. The standard InChI is InChI=1S/C9H7FN2O2S/c10-8-4-2-1-3-7(8)9(15-6-11)5-12(13)14/h1-4,9H,5H2. The van der Waals surface area contributed by atoms with Gasteiger partial charge in [0.25, 0.3) is 0 Å². The fourth-order valence-corrected chi connectivity index (χ4v) is 1.78. The van der Waals surface area contributed by atoms with Crippen molar-refractivity contribution in [3.8, 4) is 5.40 Å². The first kappa shape index (κ1) is 11.5. The van der Waals surface area contributed by atoms with Crippen LogP contribution in [0.2, 0.25) is 0 Å². The van der Waals surface area contributed by atoms with E-state index in [0.717, 1.165) is 0 Å². The van der Waals surface area contributed by atoms with Gasteiger partial charge in [-0.2, -0.15) is 5.26 Å². The third-order valence-electron chi connectivity index (χ3n) is 1.76. The Morgan fingerprint density at radius 1 is 1.60 bits per heavy atom. The average molecular weight is 226 g/mol. The lowest BCUT2D eigenvalue weighted by Gasteiger charge is -2.08. The third-order valence-corrected chi connectivity index (χ3v) is 2.55. The zero-order valence-corrected chi connectivity index (χ0v) is 8.41. The number of benzene rings is 1. The highest BCUT2D eigenvalue weighted by Gasteiger charge is 2.21. The summed E-state index contributed by atoms with van der Waals surface area (Å²) in [5.74, 6) is -0.521. The van der Waals surface area contributed by atoms with Crippen molar-refractivity contribution >= 4 is 11.8 Å². The van der Waals surface area contributed by atoms with Gasteiger partial charge in [-0.25, -0.2) is 4.39 Å². The second kappa shape index (κ2) is 5.32. The number of hydrogen-bond donors (Lipinski definition) is 0. The summed E-state index contributed by atoms with van der Waals surface area (Å²) in [5.41, 5.74) is 0.195. The predicted molar refractivity (Wildman–Crippen MR) is 54.2 cm³/mol. The summed E-state index contributed by atoms with van der Waals surface area (Å²) in [4.78, 5) is 9.78. The zero-order chi connectivity index (χ0) is 11.3. The van der Waals surface area contributed by atoms with E-state index in [0.29, 0.717) is 11.8 Å². The maximum Gasteiger partial charge on any atom is 0.220 e. The zero-order valence-electron chi connectivity index (χ0n) is 7.59. The lowest BCUT2D eigenvalue weighted by Crippen LogP contribution is -2.10. The second-order valence-corrected chi connectivity index (χ2v) is 3.72. The van der Waals surface area contributed by atoms with E-state index in [1.54, 1.807) is 11.5 Å². The van der Waals surface area contributed by atoms with Crippen LogP contribution in [-0.2, 0) is 0 Å². The molecule has 0 heterocycles. The second-order valence-electron chi connectivity index (χ2n) is 2.73. The molecule has 1 atom stereocenters. The van der Waals surface area contributed by atoms with Gasteiger partial charge in [-0.05, 0) is 17.8 Å². The van der Waals surface area contributed by atoms with Gasteiger partial charge < -0.3 is 0 Å². The van der Waals surface area contributed by atoms with E-state index < -0.39 is 22.5 Å². The molecule has 0 saturated carbocycles. The van der Waals surface area contributed by atoms with Crippen LogP contribution in [0.3, 0.4) is 0 Å². The highest BCUT2D eigenvalue weighted by molar-refractivity contribution is 8.03. The van der Waals surface area contributed by atoms with Crippen molar-refractivity contribution in [2.75, 3.05) is 6.54 Å². The van der Waals surface area contributed by atoms with Crippen LogP contribution >= 0.6 is 11.8 Å². The molecule has 0 N–H and O–H groups in total. The Morgan fingerprint density at radius 2 is 2.27 bits per heavy atom. The molecule has 6 heteroatoms. The Kier molecular flexibility index (Phi) is 4.06. The predicted octanol–water partition coefficient (Wildman–Crippen LogP) is 2.36. The Morgan fingerprint density at radius 3 is 2.80 bits per heavy atom. The molecule has 1 unspecified atom stereocenters. The highest BCUT2D eigenvalue weighted by atomic mass is 32.2. The Hall–Kier alpha value is -1.61. The molecule has 0 spiro atoms. The van der Waals surface area contributed by atoms with Gasteiger partial charge in [-0.3, -0.25) is 10.1 Å². The summed E-state index contributed by atoms with van der Waals surface area (Å²) in [6, 6.07) is 5.76. The van der Waals surface area contributed by atoms with Crippen molar-refractivity contribution in [3.05, 3.63) is 45.8 Å². The molecule has 1 aromatic carbocycles. The fourth-order valence-electron chi connectivity index (χ4n) is 1.13. The minimum absolute atomic E-state index is 0.195. The molecule has 0 bridgehead atoms. The maximum atomic E-state index is 13.3. The van der Waals surface area contributed by atoms with Crippen LogP contribution < -0.4 is 0 Å². The van der Waals surface area contributed by atoms with E-state index >= 15 is 0 Å². The summed E-state index contributed by atoms with van der Waals surface area (Å²) in [6.45, 7) is -0.459. The molecule has 0 aliphatic carbocycles. The number of thiocyanates is 1. The van der Waals surface area contributed by atoms with Gasteiger partial charge >= 0.3 is 0 Å². The lowest BCUT2D eigenvalue weighted by molar-refractivity contribution is -0.479. The molecular weight excluding hydrogens is 219 g/mol. The number of halogens is 1. The molecule has 4 nitrogen and oxygen atoms in total. The average Bonchev–Trinajstić information content (AvgIpc) is 2.17. The smallest absolute Gasteiger partial charge is 0.220 e. The van der Waals surface area contributed by atoms with Crippen molar-refractivity contribution in [1.29, 1.82) is 5.26 Å². The van der Waals surface area contributed by atoms with Crippen LogP contribution in [0.5, 0.6) is 0 Å². The summed E-state index contributed by atoms with van der Waals surface area (Å²) in [6.07, 6.45) is 0. The van der Waals surface area contributed by atoms with Crippen molar-refractivity contribution < 1.29 is 9.31 Å². The number of nitro groups is 1. The molecule has 1 rings (SSSR count). The molecular formula is C9H7FN2O2S. The number of nitriles is 1. The molecule has 0 radical (unpaired) electrons. The van der Waals surface area contributed by atoms with Gasteiger partial charge in [0.15, 0.2) is 0 Å². The molecule has 1 aromatic rings. The molecule has 0 fully saturated rings. The largest absolute Gasteiger partial charge is 0.264 e. The van der Waals surface area contributed by atoms with Crippen molar-refractivity contribution in [2.45, 2.75) is 5.25 Å². The van der Waals surface area contributed by atoms with E-state index in [4.69, 9.17) is 5.26 Å². The van der Waals surface area contributed by atoms with Gasteiger partial charge in [0, 0.05) is 10.5 Å². The van der Waals surface area contributed by atoms with Gasteiger partial charge in [-0.15, -0.1) is 0 Å². The first-order valence-electron chi connectivity index (χ1n) is 4.06. The number of nitrogens with zero attached hydrogens (tertiary/aromatic N) is 2. The quantitative estimate of drug-likeness (QED) is 0.449. The maximum absolute atomic E-state index is 13.3. The van der Waals surface area contributed by atoms with E-state index in [1.807, 2.05) is 0 Å². The molecule has 15 heavy (non-hydrogen) atoms. The molecule has 0 aliphatic heterocycles. The normalized spacial score (nSPS) is 11.7. The Balaban J connectivity index is 2.94. The first-order valence-corrected chi connectivity index (χ1v) is 4.94. The topological polar surface area (TPSA) is 66.9 Å². The molecule has 0 aliphatic rings. The fraction of sp³-hybridized carbons (Fsp3) is 0.222. The summed E-state index contributed by atoms with van der Waals surface area (Å²) in [7, 11) is 0. The summed E-state index contributed by atoms with van der Waals surface area (Å²) >= 11 is 0.696. The van der Waals surface area contributed by atoms with Crippen LogP contribution in [0.25, 0.3) is 0 Å². The van der Waals surface area contributed by atoms with E-state index in [-0.39, 0.29) is 5.56 Å². The summed E-state index contributed by atoms with van der Waals surface area (Å²) < 4.78 is 13.3. The monoisotopic (exact) mass is 226 g/mol. The van der Waals surface area contributed by atoms with Gasteiger partial charge in [0.2, 0.25) is 6.54 Å². The number of rotatable bonds is 4. The van der Waals surface area contributed by atoms with Crippen molar-refractivity contribution in [1.82, 2.24) is 0 Å². The minimum Gasteiger partial charge on any atom is -0.264 e. The van der Waals surface area contributed by atoms with E-state index in [9.17, 15) is 14.5 Å². The molecule has 0 saturated heterocycles. The van der Waals surface area contributed by atoms with Crippen LogP contribution in [-0.4, -0.2) is 11.5 Å². The number of thioether (sulfide) groups is 1. The van der Waals surface area contributed by atoms with Crippen molar-refractivity contribution in [3.63, 3.8) is 0 Å². The lowest BCUT2D eigenvalue weighted by atomic mass is 10.1. The van der Waals surface area contributed by atoms with Gasteiger partial charge in [0.05, 0.1) is 0 Å². The van der Waals surface area contributed by atoms with Gasteiger partial charge in [0.1, 0.15) is 16.5 Å². The first-order chi connectivity index (χ1) is 7.15. The van der Waals surface area contributed by atoms with E-state index in [2.05, 4.69) is 0 Å². The highest BCUT2D eigenvalue weighted by Crippen LogP contribution is 2.29. The van der Waals surface area contributed by atoms with Crippen LogP contribution in [0.1, 0.15) is 10.8 Å². The Labute approximate surface area is 89.9 Å². The molecule has 78 valence electrons. The minimum atomic E-state index is -0.758.